The van der Waals surface area contributed by atoms with Crippen molar-refractivity contribution in [2.45, 2.75) is 26.8 Å². The topological polar surface area (TPSA) is 89.4 Å². The molecule has 0 aliphatic carbocycles. The third kappa shape index (κ3) is 3.70. The Kier molecular flexibility index (Phi) is 4.94. The van der Waals surface area contributed by atoms with Crippen molar-refractivity contribution in [3.05, 3.63) is 27.7 Å². The van der Waals surface area contributed by atoms with Crippen LogP contribution in [0.2, 0.25) is 0 Å². The fourth-order valence-electron chi connectivity index (χ4n) is 1.73. The van der Waals surface area contributed by atoms with E-state index in [-0.39, 0.29) is 18.5 Å². The number of hydrogen-bond donors (Lipinski definition) is 2. The second-order valence-corrected chi connectivity index (χ2v) is 5.58. The summed E-state index contributed by atoms with van der Waals surface area (Å²) in [7, 11) is 0. The number of rotatable bonds is 4. The van der Waals surface area contributed by atoms with Gasteiger partial charge >= 0.3 is 0 Å². The molecule has 0 fully saturated rings. The van der Waals surface area contributed by atoms with Gasteiger partial charge in [0.2, 0.25) is 5.91 Å². The molecule has 4 N–H and O–H groups in total. The summed E-state index contributed by atoms with van der Waals surface area (Å²) in [6.45, 7) is 5.33. The summed E-state index contributed by atoms with van der Waals surface area (Å²) < 4.78 is 0.724. The van der Waals surface area contributed by atoms with Crippen LogP contribution in [-0.2, 0) is 4.79 Å². The highest BCUT2D eigenvalue weighted by Crippen LogP contribution is 2.24. The van der Waals surface area contributed by atoms with Gasteiger partial charge in [0.25, 0.3) is 5.91 Å². The van der Waals surface area contributed by atoms with Gasteiger partial charge in [0.15, 0.2) is 0 Å². The molecule has 1 aromatic carbocycles. The van der Waals surface area contributed by atoms with Crippen molar-refractivity contribution in [1.82, 2.24) is 4.90 Å². The number of nitrogens with two attached hydrogens (primary N) is 2. The van der Waals surface area contributed by atoms with Gasteiger partial charge in [-0.25, -0.2) is 0 Å². The molecule has 19 heavy (non-hydrogen) atoms. The summed E-state index contributed by atoms with van der Waals surface area (Å²) in [6.07, 6.45) is 0. The molecule has 0 bridgehead atoms. The quantitative estimate of drug-likeness (QED) is 0.824. The number of carbonyl (C=O) groups excluding carboxylic acids is 2. The average molecular weight is 328 g/mol. The molecule has 104 valence electrons. The van der Waals surface area contributed by atoms with Crippen LogP contribution in [-0.4, -0.2) is 29.3 Å². The van der Waals surface area contributed by atoms with E-state index in [1.807, 2.05) is 13.8 Å². The zero-order valence-corrected chi connectivity index (χ0v) is 12.8. The highest BCUT2D eigenvalue weighted by atomic mass is 79.9. The number of anilines is 1. The van der Waals surface area contributed by atoms with Crippen LogP contribution in [0.5, 0.6) is 0 Å². The van der Waals surface area contributed by atoms with Crippen LogP contribution in [0.25, 0.3) is 0 Å². The maximum Gasteiger partial charge on any atom is 0.254 e. The van der Waals surface area contributed by atoms with Crippen molar-refractivity contribution >= 4 is 33.4 Å². The molecule has 0 aliphatic heterocycles. The number of primary amides is 1. The smallest absolute Gasteiger partial charge is 0.254 e. The molecule has 0 spiro atoms. The van der Waals surface area contributed by atoms with Gasteiger partial charge in [0.05, 0.1) is 6.54 Å². The molecule has 2 amide bonds. The number of amides is 2. The van der Waals surface area contributed by atoms with Crippen molar-refractivity contribution < 1.29 is 9.59 Å². The van der Waals surface area contributed by atoms with Gasteiger partial charge in [-0.3, -0.25) is 9.59 Å². The van der Waals surface area contributed by atoms with Crippen LogP contribution in [0.4, 0.5) is 5.69 Å². The Morgan fingerprint density at radius 1 is 1.37 bits per heavy atom. The van der Waals surface area contributed by atoms with Gasteiger partial charge in [0.1, 0.15) is 0 Å². The molecular weight excluding hydrogens is 310 g/mol. The maximum atomic E-state index is 12.5. The molecule has 0 saturated heterocycles. The van der Waals surface area contributed by atoms with Gasteiger partial charge in [-0.2, -0.15) is 0 Å². The Labute approximate surface area is 121 Å². The maximum absolute atomic E-state index is 12.5. The predicted molar refractivity (Wildman–Crippen MR) is 78.7 cm³/mol. The number of carbonyl (C=O) groups is 2. The minimum atomic E-state index is -0.539. The Morgan fingerprint density at radius 2 is 1.95 bits per heavy atom. The Balaban J connectivity index is 3.20. The number of nitrogen functional groups attached to an aromatic ring is 1. The highest BCUT2D eigenvalue weighted by molar-refractivity contribution is 9.10. The van der Waals surface area contributed by atoms with Crippen LogP contribution >= 0.6 is 15.9 Å². The lowest BCUT2D eigenvalue weighted by atomic mass is 10.0. The first kappa shape index (κ1) is 15.5. The number of hydrogen-bond acceptors (Lipinski definition) is 3. The van der Waals surface area contributed by atoms with Gasteiger partial charge in [-0.1, -0.05) is 15.9 Å². The zero-order chi connectivity index (χ0) is 14.7. The number of benzene rings is 1. The van der Waals surface area contributed by atoms with Gasteiger partial charge in [0, 0.05) is 21.8 Å². The lowest BCUT2D eigenvalue weighted by Gasteiger charge is -2.26. The lowest BCUT2D eigenvalue weighted by Crippen LogP contribution is -2.43. The van der Waals surface area contributed by atoms with Crippen LogP contribution in [0.1, 0.15) is 29.8 Å². The van der Waals surface area contributed by atoms with Crippen LogP contribution in [0, 0.1) is 6.92 Å². The molecule has 0 saturated carbocycles. The average Bonchev–Trinajstić information content (AvgIpc) is 2.29. The molecule has 0 atom stereocenters. The molecule has 0 radical (unpaired) electrons. The van der Waals surface area contributed by atoms with Gasteiger partial charge in [-0.05, 0) is 38.5 Å². The Morgan fingerprint density at radius 3 is 2.42 bits per heavy atom. The molecule has 0 aliphatic rings. The third-order valence-corrected chi connectivity index (χ3v) is 3.31. The summed E-state index contributed by atoms with van der Waals surface area (Å²) in [5.74, 6) is -0.790. The van der Waals surface area contributed by atoms with E-state index < -0.39 is 5.91 Å². The van der Waals surface area contributed by atoms with E-state index in [0.717, 1.165) is 4.47 Å². The molecule has 6 heteroatoms. The Hall–Kier alpha value is -1.56. The van der Waals surface area contributed by atoms with E-state index >= 15 is 0 Å². The van der Waals surface area contributed by atoms with Crippen molar-refractivity contribution in [3.8, 4) is 0 Å². The first-order chi connectivity index (χ1) is 8.73. The van der Waals surface area contributed by atoms with E-state index in [1.54, 1.807) is 19.1 Å². The molecular formula is C13H18BrN3O2. The minimum absolute atomic E-state index is 0.109. The first-order valence-electron chi connectivity index (χ1n) is 5.89. The van der Waals surface area contributed by atoms with Crippen LogP contribution in [0.15, 0.2) is 16.6 Å². The van der Waals surface area contributed by atoms with E-state index in [9.17, 15) is 9.59 Å². The third-order valence-electron chi connectivity index (χ3n) is 2.85. The fraction of sp³-hybridized carbons (Fsp3) is 0.385. The SMILES string of the molecule is Cc1c(N)cc(Br)cc1C(=O)N(CC(N)=O)C(C)C. The molecule has 1 rings (SSSR count). The zero-order valence-electron chi connectivity index (χ0n) is 11.2. The number of halogens is 1. The van der Waals surface area contributed by atoms with Crippen molar-refractivity contribution in [2.24, 2.45) is 5.73 Å². The van der Waals surface area contributed by atoms with E-state index in [4.69, 9.17) is 11.5 Å². The summed E-state index contributed by atoms with van der Waals surface area (Å²) in [5, 5.41) is 0. The summed E-state index contributed by atoms with van der Waals surface area (Å²) in [6, 6.07) is 3.31. The van der Waals surface area contributed by atoms with Crippen LogP contribution < -0.4 is 11.5 Å². The molecule has 1 aromatic rings. The standard InChI is InChI=1S/C13H18BrN3O2/c1-7(2)17(6-12(16)18)13(19)10-4-9(14)5-11(15)8(10)3/h4-5,7H,6,15H2,1-3H3,(H2,16,18). The molecule has 0 unspecified atom stereocenters. The summed E-state index contributed by atoms with van der Waals surface area (Å²) in [5.41, 5.74) is 12.7. The minimum Gasteiger partial charge on any atom is -0.398 e. The van der Waals surface area contributed by atoms with E-state index in [0.29, 0.717) is 16.8 Å². The highest BCUT2D eigenvalue weighted by Gasteiger charge is 2.23. The van der Waals surface area contributed by atoms with E-state index in [1.165, 1.54) is 4.90 Å². The predicted octanol–water partition coefficient (Wildman–Crippen LogP) is 1.68. The van der Waals surface area contributed by atoms with Crippen LogP contribution in [0.3, 0.4) is 0 Å². The second-order valence-electron chi connectivity index (χ2n) is 4.66. The fourth-order valence-corrected chi connectivity index (χ4v) is 2.21. The Bertz CT molecular complexity index is 515. The summed E-state index contributed by atoms with van der Waals surface area (Å²) in [4.78, 5) is 25.0. The number of nitrogens with zero attached hydrogens (tertiary/aromatic N) is 1. The van der Waals surface area contributed by atoms with Crippen molar-refractivity contribution in [3.63, 3.8) is 0 Å². The van der Waals surface area contributed by atoms with Gasteiger partial charge < -0.3 is 16.4 Å². The van der Waals surface area contributed by atoms with Crippen molar-refractivity contribution in [2.75, 3.05) is 12.3 Å². The molecule has 0 aromatic heterocycles. The van der Waals surface area contributed by atoms with Crippen molar-refractivity contribution in [1.29, 1.82) is 0 Å². The lowest BCUT2D eigenvalue weighted by molar-refractivity contribution is -0.119. The normalized spacial score (nSPS) is 10.6. The summed E-state index contributed by atoms with van der Waals surface area (Å²) >= 11 is 3.31. The van der Waals surface area contributed by atoms with E-state index in [2.05, 4.69) is 15.9 Å². The second kappa shape index (κ2) is 6.06. The van der Waals surface area contributed by atoms with Gasteiger partial charge in [-0.15, -0.1) is 0 Å². The molecule has 5 nitrogen and oxygen atoms in total. The largest absolute Gasteiger partial charge is 0.398 e. The first-order valence-corrected chi connectivity index (χ1v) is 6.68. The monoisotopic (exact) mass is 327 g/mol. The molecule has 0 heterocycles.